The van der Waals surface area contributed by atoms with Gasteiger partial charge in [0.1, 0.15) is 6.61 Å². The van der Waals surface area contributed by atoms with E-state index in [1.54, 1.807) is 0 Å². The minimum atomic E-state index is -4.23. The fourth-order valence-electron chi connectivity index (χ4n) is 1.88. The topological polar surface area (TPSA) is 64.4 Å². The number of halogens is 3. The van der Waals surface area contributed by atoms with Crippen molar-refractivity contribution >= 4 is 5.91 Å². The Bertz CT molecular complexity index is 245. The molecule has 16 heavy (non-hydrogen) atoms. The largest absolute Gasteiger partial charge is 0.393 e. The van der Waals surface area contributed by atoms with Crippen molar-refractivity contribution in [2.45, 2.75) is 37.9 Å². The molecule has 1 aliphatic carbocycles. The summed E-state index contributed by atoms with van der Waals surface area (Å²) in [5.74, 6) is -2.12. The molecule has 0 aromatic carbocycles. The van der Waals surface area contributed by atoms with Gasteiger partial charge in [-0.25, -0.2) is 0 Å². The van der Waals surface area contributed by atoms with Crippen molar-refractivity contribution < 1.29 is 22.8 Å². The molecule has 1 fully saturated rings. The average Bonchev–Trinajstić information content (AvgIpc) is 2.16. The first kappa shape index (κ1) is 13.2. The number of carbonyl (C=O) groups is 1. The Balaban J connectivity index is 2.44. The van der Waals surface area contributed by atoms with Crippen molar-refractivity contribution in [1.29, 1.82) is 0 Å². The van der Waals surface area contributed by atoms with Crippen LogP contribution in [0.15, 0.2) is 0 Å². The maximum absolute atomic E-state index is 12.6. The van der Waals surface area contributed by atoms with Gasteiger partial charge in [-0.15, -0.1) is 0 Å². The van der Waals surface area contributed by atoms with Gasteiger partial charge in [0.15, 0.2) is 0 Å². The number of hydrogen-bond donors (Lipinski definition) is 2. The molecule has 0 saturated heterocycles. The van der Waals surface area contributed by atoms with Crippen molar-refractivity contribution in [3.63, 3.8) is 0 Å². The van der Waals surface area contributed by atoms with Crippen LogP contribution < -0.4 is 11.2 Å². The molecule has 0 spiro atoms. The van der Waals surface area contributed by atoms with E-state index in [-0.39, 0.29) is 6.42 Å². The summed E-state index contributed by atoms with van der Waals surface area (Å²) in [7, 11) is 0. The molecule has 94 valence electrons. The van der Waals surface area contributed by atoms with Gasteiger partial charge >= 0.3 is 6.18 Å². The van der Waals surface area contributed by atoms with Gasteiger partial charge in [-0.2, -0.15) is 18.7 Å². The smallest absolute Gasteiger partial charge is 0.368 e. The van der Waals surface area contributed by atoms with Crippen LogP contribution >= 0.6 is 0 Å². The molecular formula is C9H15F3N2O2. The van der Waals surface area contributed by atoms with Crippen molar-refractivity contribution in [3.8, 4) is 0 Å². The maximum Gasteiger partial charge on any atom is 0.393 e. The molecule has 1 amide bonds. The number of nitrogens with two attached hydrogens (primary N) is 1. The van der Waals surface area contributed by atoms with E-state index in [1.807, 2.05) is 0 Å². The molecule has 2 atom stereocenters. The molecule has 1 rings (SSSR count). The average molecular weight is 240 g/mol. The molecule has 3 N–H and O–H groups in total. The van der Waals surface area contributed by atoms with Crippen LogP contribution in [-0.4, -0.2) is 24.7 Å². The van der Waals surface area contributed by atoms with Gasteiger partial charge in [-0.3, -0.25) is 9.63 Å². The highest BCUT2D eigenvalue weighted by Gasteiger charge is 2.45. The fourth-order valence-corrected chi connectivity index (χ4v) is 1.88. The summed E-state index contributed by atoms with van der Waals surface area (Å²) in [6.07, 6.45) is -2.44. The number of primary amides is 1. The number of amides is 1. The van der Waals surface area contributed by atoms with Crippen LogP contribution in [0.5, 0.6) is 0 Å². The first-order valence-electron chi connectivity index (χ1n) is 5.13. The summed E-state index contributed by atoms with van der Waals surface area (Å²) in [6, 6.07) is -0.784. The van der Waals surface area contributed by atoms with Gasteiger partial charge < -0.3 is 5.73 Å². The molecular weight excluding hydrogens is 225 g/mol. The first-order valence-corrected chi connectivity index (χ1v) is 5.13. The lowest BCUT2D eigenvalue weighted by molar-refractivity contribution is -0.199. The Morgan fingerprint density at radius 3 is 2.56 bits per heavy atom. The van der Waals surface area contributed by atoms with E-state index < -0.39 is 30.7 Å². The molecule has 2 unspecified atom stereocenters. The quantitative estimate of drug-likeness (QED) is 0.723. The minimum absolute atomic E-state index is 0.0983. The Morgan fingerprint density at radius 1 is 1.38 bits per heavy atom. The van der Waals surface area contributed by atoms with Crippen LogP contribution in [0.4, 0.5) is 13.2 Å². The highest BCUT2D eigenvalue weighted by molar-refractivity contribution is 5.74. The van der Waals surface area contributed by atoms with E-state index in [4.69, 9.17) is 5.73 Å². The summed E-state index contributed by atoms with van der Waals surface area (Å²) in [4.78, 5) is 15.0. The molecule has 0 heterocycles. The van der Waals surface area contributed by atoms with Crippen LogP contribution in [0.25, 0.3) is 0 Å². The van der Waals surface area contributed by atoms with Crippen molar-refractivity contribution in [2.24, 2.45) is 11.7 Å². The van der Waals surface area contributed by atoms with Crippen LogP contribution in [0.3, 0.4) is 0 Å². The molecule has 1 saturated carbocycles. The zero-order valence-electron chi connectivity index (χ0n) is 8.72. The van der Waals surface area contributed by atoms with E-state index in [1.165, 1.54) is 0 Å². The molecule has 1 aliphatic rings. The number of hydroxylamine groups is 1. The number of nitrogens with one attached hydrogen (secondary N) is 1. The molecule has 4 nitrogen and oxygen atoms in total. The Labute approximate surface area is 91.3 Å². The molecule has 0 aromatic rings. The Kier molecular flexibility index (Phi) is 4.55. The Morgan fingerprint density at radius 2 is 2.00 bits per heavy atom. The molecule has 0 bridgehead atoms. The molecule has 0 aliphatic heterocycles. The van der Waals surface area contributed by atoms with Gasteiger partial charge in [-0.1, -0.05) is 12.8 Å². The van der Waals surface area contributed by atoms with E-state index >= 15 is 0 Å². The van der Waals surface area contributed by atoms with Crippen LogP contribution in [0.1, 0.15) is 25.7 Å². The van der Waals surface area contributed by atoms with Gasteiger partial charge in [0.05, 0.1) is 5.92 Å². The van der Waals surface area contributed by atoms with Crippen molar-refractivity contribution in [3.05, 3.63) is 0 Å². The van der Waals surface area contributed by atoms with E-state index in [9.17, 15) is 18.0 Å². The Hall–Kier alpha value is -0.820. The second-order valence-corrected chi connectivity index (χ2v) is 3.91. The first-order chi connectivity index (χ1) is 7.41. The summed E-state index contributed by atoms with van der Waals surface area (Å²) in [6.45, 7) is -0.416. The highest BCUT2D eigenvalue weighted by Crippen LogP contribution is 2.37. The standard InChI is InChI=1S/C9H15F3N2O2/c10-9(11,12)6-3-1-2-4-7(6)14-16-5-8(13)15/h6-7,14H,1-5H2,(H2,13,15). The second-order valence-electron chi connectivity index (χ2n) is 3.91. The number of alkyl halides is 3. The van der Waals surface area contributed by atoms with Gasteiger partial charge in [0.25, 0.3) is 0 Å². The second kappa shape index (κ2) is 5.49. The predicted molar refractivity (Wildman–Crippen MR) is 50.1 cm³/mol. The third kappa shape index (κ3) is 3.97. The molecule has 7 heteroatoms. The van der Waals surface area contributed by atoms with Crippen LogP contribution in [-0.2, 0) is 9.63 Å². The van der Waals surface area contributed by atoms with Gasteiger partial charge in [0, 0.05) is 6.04 Å². The number of carbonyl (C=O) groups excluding carboxylic acids is 1. The summed E-state index contributed by atoms with van der Waals surface area (Å²) >= 11 is 0. The third-order valence-corrected chi connectivity index (χ3v) is 2.64. The maximum atomic E-state index is 12.6. The number of hydrogen-bond acceptors (Lipinski definition) is 3. The summed E-state index contributed by atoms with van der Waals surface area (Å²) < 4.78 is 37.8. The van der Waals surface area contributed by atoms with Gasteiger partial charge in [-0.05, 0) is 12.8 Å². The van der Waals surface area contributed by atoms with E-state index in [2.05, 4.69) is 10.3 Å². The lowest BCUT2D eigenvalue weighted by atomic mass is 9.84. The van der Waals surface area contributed by atoms with Gasteiger partial charge in [0.2, 0.25) is 5.91 Å². The van der Waals surface area contributed by atoms with E-state index in [0.717, 1.165) is 6.42 Å². The summed E-state index contributed by atoms with van der Waals surface area (Å²) in [5.41, 5.74) is 7.09. The van der Waals surface area contributed by atoms with Crippen LogP contribution in [0, 0.1) is 5.92 Å². The minimum Gasteiger partial charge on any atom is -0.368 e. The summed E-state index contributed by atoms with van der Waals surface area (Å²) in [5, 5.41) is 0. The van der Waals surface area contributed by atoms with Crippen LogP contribution in [0.2, 0.25) is 0 Å². The molecule has 0 radical (unpaired) electrons. The molecule has 0 aromatic heterocycles. The lowest BCUT2D eigenvalue weighted by Crippen LogP contribution is -2.46. The SMILES string of the molecule is NC(=O)CONC1CCCCC1C(F)(F)F. The van der Waals surface area contributed by atoms with Crippen molar-refractivity contribution in [1.82, 2.24) is 5.48 Å². The lowest BCUT2D eigenvalue weighted by Gasteiger charge is -2.32. The zero-order valence-corrected chi connectivity index (χ0v) is 8.72. The normalized spacial score (nSPS) is 26.7. The van der Waals surface area contributed by atoms with Crippen molar-refractivity contribution in [2.75, 3.05) is 6.61 Å². The fraction of sp³-hybridized carbons (Fsp3) is 0.889. The highest BCUT2D eigenvalue weighted by atomic mass is 19.4. The zero-order chi connectivity index (χ0) is 12.2. The third-order valence-electron chi connectivity index (χ3n) is 2.64. The monoisotopic (exact) mass is 240 g/mol. The predicted octanol–water partition coefficient (Wildman–Crippen LogP) is 1.11. The van der Waals surface area contributed by atoms with E-state index in [0.29, 0.717) is 12.8 Å². The number of rotatable bonds is 4.